The highest BCUT2D eigenvalue weighted by atomic mass is 79.9. The van der Waals surface area contributed by atoms with Gasteiger partial charge in [0.25, 0.3) is 0 Å². The fourth-order valence-corrected chi connectivity index (χ4v) is 4.80. The van der Waals surface area contributed by atoms with E-state index >= 15 is 0 Å². The molecule has 0 aliphatic carbocycles. The van der Waals surface area contributed by atoms with Crippen LogP contribution in [0.25, 0.3) is 0 Å². The van der Waals surface area contributed by atoms with Gasteiger partial charge < -0.3 is 20.1 Å². The molecule has 2 aliphatic heterocycles. The van der Waals surface area contributed by atoms with E-state index in [1.807, 2.05) is 0 Å². The molecule has 4 rings (SSSR count). The second kappa shape index (κ2) is 7.65. The summed E-state index contributed by atoms with van der Waals surface area (Å²) >= 11 is 3.30. The van der Waals surface area contributed by atoms with Gasteiger partial charge in [-0.2, -0.15) is 4.98 Å². The molecule has 2 N–H and O–H groups in total. The first-order valence-electron chi connectivity index (χ1n) is 10.2. The van der Waals surface area contributed by atoms with E-state index in [0.29, 0.717) is 10.2 Å². The number of nitrogens with one attached hydrogen (secondary N) is 2. The lowest BCUT2D eigenvalue weighted by Gasteiger charge is -2.53. The topological polar surface area (TPSA) is 71.5 Å². The normalized spacial score (nSPS) is 21.4. The van der Waals surface area contributed by atoms with Crippen LogP contribution >= 0.6 is 15.9 Å². The third-order valence-corrected chi connectivity index (χ3v) is 6.79. The predicted molar refractivity (Wildman–Crippen MR) is 118 cm³/mol. The molecule has 1 fully saturated rings. The van der Waals surface area contributed by atoms with Gasteiger partial charge in [0.2, 0.25) is 5.95 Å². The number of hydrogen-bond acceptors (Lipinski definition) is 7. The molecule has 0 radical (unpaired) electrons. The van der Waals surface area contributed by atoms with Crippen LogP contribution in [0.15, 0.2) is 22.8 Å². The van der Waals surface area contributed by atoms with Gasteiger partial charge in [0, 0.05) is 33.7 Å². The maximum absolute atomic E-state index is 14.5. The average Bonchev–Trinajstić information content (AvgIpc) is 2.95. The largest absolute Gasteiger partial charge is 0.586 e. The summed E-state index contributed by atoms with van der Waals surface area (Å²) in [4.78, 5) is 10.6. The summed E-state index contributed by atoms with van der Waals surface area (Å²) in [6, 6.07) is 2.69. The third kappa shape index (κ3) is 4.45. The minimum atomic E-state index is -3.72. The Hall–Kier alpha value is -2.27. The van der Waals surface area contributed by atoms with Gasteiger partial charge in [-0.3, -0.25) is 4.90 Å². The molecule has 2 aliphatic rings. The molecule has 2 aromatic rings. The van der Waals surface area contributed by atoms with Gasteiger partial charge in [-0.05, 0) is 63.5 Å². The van der Waals surface area contributed by atoms with Crippen molar-refractivity contribution in [1.29, 1.82) is 0 Å². The van der Waals surface area contributed by atoms with Crippen molar-refractivity contribution in [2.45, 2.75) is 64.0 Å². The molecule has 0 atom stereocenters. The minimum absolute atomic E-state index is 0.00737. The van der Waals surface area contributed by atoms with Gasteiger partial charge in [0.1, 0.15) is 0 Å². The van der Waals surface area contributed by atoms with Crippen molar-refractivity contribution in [3.05, 3.63) is 28.6 Å². The Balaban J connectivity index is 1.54. The van der Waals surface area contributed by atoms with Crippen molar-refractivity contribution in [2.75, 3.05) is 17.7 Å². The van der Waals surface area contributed by atoms with E-state index in [4.69, 9.17) is 0 Å². The van der Waals surface area contributed by atoms with E-state index in [2.05, 4.69) is 85.6 Å². The van der Waals surface area contributed by atoms with Crippen LogP contribution in [0.5, 0.6) is 11.5 Å². The van der Waals surface area contributed by atoms with Crippen LogP contribution in [0.1, 0.15) is 40.5 Å². The number of benzene rings is 1. The lowest BCUT2D eigenvalue weighted by molar-refractivity contribution is -0.286. The van der Waals surface area contributed by atoms with Gasteiger partial charge in [-0.25, -0.2) is 9.37 Å². The predicted octanol–water partition coefficient (Wildman–Crippen LogP) is 5.51. The Labute approximate surface area is 192 Å². The van der Waals surface area contributed by atoms with Gasteiger partial charge in [0.05, 0.1) is 11.9 Å². The second-order valence-electron chi connectivity index (χ2n) is 9.39. The fraction of sp³-hybridized carbons (Fsp3) is 0.524. The molecule has 0 bridgehead atoms. The first-order chi connectivity index (χ1) is 14.8. The molecule has 3 heterocycles. The SMILES string of the molecule is CN1C(C)(C)CC(Nc2nc(Nc3cc4c(cc3Br)OC(F)(F)O4)ncc2F)CC1(C)C. The number of hydrogen-bond donors (Lipinski definition) is 2. The Morgan fingerprint density at radius 1 is 1.09 bits per heavy atom. The van der Waals surface area contributed by atoms with Crippen LogP contribution in [-0.4, -0.2) is 45.3 Å². The number of alkyl halides is 2. The van der Waals surface area contributed by atoms with Gasteiger partial charge in [0.15, 0.2) is 23.1 Å². The number of piperidine rings is 1. The molecule has 174 valence electrons. The lowest BCUT2D eigenvalue weighted by atomic mass is 9.77. The van der Waals surface area contributed by atoms with Crippen LogP contribution in [0.3, 0.4) is 0 Å². The van der Waals surface area contributed by atoms with Crippen molar-refractivity contribution < 1.29 is 22.6 Å². The smallest absolute Gasteiger partial charge is 0.395 e. The molecule has 1 aromatic heterocycles. The zero-order chi connectivity index (χ0) is 23.5. The van der Waals surface area contributed by atoms with Crippen LogP contribution < -0.4 is 20.1 Å². The van der Waals surface area contributed by atoms with Crippen molar-refractivity contribution in [3.63, 3.8) is 0 Å². The highest BCUT2D eigenvalue weighted by Gasteiger charge is 2.44. The molecule has 0 saturated carbocycles. The van der Waals surface area contributed by atoms with Crippen LogP contribution in [-0.2, 0) is 0 Å². The van der Waals surface area contributed by atoms with Gasteiger partial charge in [-0.15, -0.1) is 8.78 Å². The molecular formula is C21H25BrF3N5O2. The van der Waals surface area contributed by atoms with Gasteiger partial charge in [-0.1, -0.05) is 0 Å². The van der Waals surface area contributed by atoms with Crippen molar-refractivity contribution in [3.8, 4) is 11.5 Å². The first-order valence-corrected chi connectivity index (χ1v) is 10.9. The average molecular weight is 516 g/mol. The molecular weight excluding hydrogens is 491 g/mol. The van der Waals surface area contributed by atoms with Crippen molar-refractivity contribution in [2.24, 2.45) is 0 Å². The second-order valence-corrected chi connectivity index (χ2v) is 10.2. The number of nitrogens with zero attached hydrogens (tertiary/aromatic N) is 3. The molecule has 1 aromatic carbocycles. The molecule has 0 amide bonds. The van der Waals surface area contributed by atoms with Crippen molar-refractivity contribution >= 4 is 33.4 Å². The Kier molecular flexibility index (Phi) is 5.48. The number of likely N-dealkylation sites (tertiary alicyclic amines) is 1. The summed E-state index contributed by atoms with van der Waals surface area (Å²) in [5.41, 5.74) is 0.205. The zero-order valence-corrected chi connectivity index (χ0v) is 20.0. The van der Waals surface area contributed by atoms with Gasteiger partial charge >= 0.3 is 6.29 Å². The Bertz CT molecular complexity index is 1030. The van der Waals surface area contributed by atoms with E-state index < -0.39 is 12.1 Å². The Morgan fingerprint density at radius 3 is 2.31 bits per heavy atom. The summed E-state index contributed by atoms with van der Waals surface area (Å²) in [6.07, 6.45) is -1.04. The summed E-state index contributed by atoms with van der Waals surface area (Å²) in [6.45, 7) is 8.64. The number of ether oxygens (including phenoxy) is 2. The Morgan fingerprint density at radius 2 is 1.69 bits per heavy atom. The molecule has 32 heavy (non-hydrogen) atoms. The number of aromatic nitrogens is 2. The summed E-state index contributed by atoms with van der Waals surface area (Å²) in [5.74, 6) is -0.618. The van der Waals surface area contributed by atoms with Crippen molar-refractivity contribution in [1.82, 2.24) is 14.9 Å². The van der Waals surface area contributed by atoms with Crippen LogP contribution in [0.2, 0.25) is 0 Å². The number of fused-ring (bicyclic) bond motifs is 1. The van der Waals surface area contributed by atoms with Crippen LogP contribution in [0.4, 0.5) is 30.6 Å². The lowest BCUT2D eigenvalue weighted by Crippen LogP contribution is -2.61. The van der Waals surface area contributed by atoms with E-state index in [9.17, 15) is 13.2 Å². The highest BCUT2D eigenvalue weighted by molar-refractivity contribution is 9.10. The minimum Gasteiger partial charge on any atom is -0.395 e. The standard InChI is InChI=1S/C21H25BrF3N5O2/c1-19(2)8-11(9-20(3,4)30(19)5)27-17-13(23)10-26-18(29-17)28-14-7-16-15(6-12(14)22)31-21(24,25)32-16/h6-7,10-11H,8-9H2,1-5H3,(H2,26,27,28,29). The third-order valence-electron chi connectivity index (χ3n) is 6.13. The molecule has 0 spiro atoms. The fourth-order valence-electron chi connectivity index (χ4n) is 4.38. The van der Waals surface area contributed by atoms with E-state index in [1.165, 1.54) is 12.1 Å². The number of rotatable bonds is 4. The summed E-state index contributed by atoms with van der Waals surface area (Å²) in [7, 11) is 2.10. The van der Waals surface area contributed by atoms with E-state index in [0.717, 1.165) is 19.0 Å². The molecule has 1 saturated heterocycles. The monoisotopic (exact) mass is 515 g/mol. The first kappa shape index (κ1) is 22.9. The maximum Gasteiger partial charge on any atom is 0.586 e. The summed E-state index contributed by atoms with van der Waals surface area (Å²) in [5, 5.41) is 6.14. The van der Waals surface area contributed by atoms with E-state index in [1.54, 1.807) is 0 Å². The van der Waals surface area contributed by atoms with E-state index in [-0.39, 0.29) is 40.4 Å². The zero-order valence-electron chi connectivity index (χ0n) is 18.4. The highest BCUT2D eigenvalue weighted by Crippen LogP contribution is 2.45. The number of anilines is 3. The quantitative estimate of drug-likeness (QED) is 0.556. The summed E-state index contributed by atoms with van der Waals surface area (Å²) < 4.78 is 50.5. The molecule has 11 heteroatoms. The van der Waals surface area contributed by atoms with Crippen LogP contribution in [0, 0.1) is 5.82 Å². The molecule has 0 unspecified atom stereocenters. The maximum atomic E-state index is 14.5. The number of halogens is 4. The molecule has 7 nitrogen and oxygen atoms in total.